The summed E-state index contributed by atoms with van der Waals surface area (Å²) in [6, 6.07) is 5.20. The van der Waals surface area contributed by atoms with E-state index in [4.69, 9.17) is 19.7 Å². The SMILES string of the molecule is CCCC(N)c1nc(-c2cc(OC)cc(OC)c2)no1. The van der Waals surface area contributed by atoms with Crippen molar-refractivity contribution in [2.24, 2.45) is 5.73 Å². The molecule has 20 heavy (non-hydrogen) atoms. The summed E-state index contributed by atoms with van der Waals surface area (Å²) in [6.45, 7) is 2.06. The lowest BCUT2D eigenvalue weighted by molar-refractivity contribution is 0.348. The summed E-state index contributed by atoms with van der Waals surface area (Å²) >= 11 is 0. The molecule has 2 aromatic rings. The maximum absolute atomic E-state index is 5.96. The van der Waals surface area contributed by atoms with Crippen LogP contribution in [0.15, 0.2) is 22.7 Å². The summed E-state index contributed by atoms with van der Waals surface area (Å²) in [5, 5.41) is 3.96. The Morgan fingerprint density at radius 3 is 2.40 bits per heavy atom. The summed E-state index contributed by atoms with van der Waals surface area (Å²) < 4.78 is 15.7. The standard InChI is InChI=1S/C14H19N3O3/c1-4-5-12(15)14-16-13(17-20-14)9-6-10(18-2)8-11(7-9)19-3/h6-8,12H,4-5,15H2,1-3H3. The monoisotopic (exact) mass is 277 g/mol. The average Bonchev–Trinajstić information content (AvgIpc) is 2.97. The normalized spacial score (nSPS) is 12.2. The maximum Gasteiger partial charge on any atom is 0.243 e. The number of nitrogens with zero attached hydrogens (tertiary/aromatic N) is 2. The molecule has 108 valence electrons. The molecule has 0 aliphatic heterocycles. The van der Waals surface area contributed by atoms with Crippen molar-refractivity contribution in [1.29, 1.82) is 0 Å². The Bertz CT molecular complexity index is 546. The number of hydrogen-bond donors (Lipinski definition) is 1. The Balaban J connectivity index is 2.31. The molecule has 1 aromatic heterocycles. The second-order valence-corrected chi connectivity index (χ2v) is 4.45. The fraction of sp³-hybridized carbons (Fsp3) is 0.429. The predicted molar refractivity (Wildman–Crippen MR) is 74.7 cm³/mol. The van der Waals surface area contributed by atoms with E-state index in [2.05, 4.69) is 17.1 Å². The molecule has 2 rings (SSSR count). The summed E-state index contributed by atoms with van der Waals surface area (Å²) in [7, 11) is 3.19. The minimum atomic E-state index is -0.228. The van der Waals surface area contributed by atoms with Gasteiger partial charge in [0.05, 0.1) is 20.3 Å². The van der Waals surface area contributed by atoms with Crippen molar-refractivity contribution >= 4 is 0 Å². The van der Waals surface area contributed by atoms with E-state index < -0.39 is 0 Å². The Labute approximate surface area is 117 Å². The van der Waals surface area contributed by atoms with Gasteiger partial charge in [-0.15, -0.1) is 0 Å². The summed E-state index contributed by atoms with van der Waals surface area (Å²) in [6.07, 6.45) is 1.77. The molecule has 0 spiro atoms. The first-order valence-electron chi connectivity index (χ1n) is 6.50. The van der Waals surface area contributed by atoms with Gasteiger partial charge in [-0.05, 0) is 18.6 Å². The maximum atomic E-state index is 5.96. The zero-order chi connectivity index (χ0) is 14.5. The van der Waals surface area contributed by atoms with Crippen LogP contribution < -0.4 is 15.2 Å². The molecule has 2 N–H and O–H groups in total. The molecule has 0 saturated heterocycles. The first kappa shape index (κ1) is 14.3. The van der Waals surface area contributed by atoms with Gasteiger partial charge in [-0.3, -0.25) is 0 Å². The topological polar surface area (TPSA) is 83.4 Å². The van der Waals surface area contributed by atoms with Crippen LogP contribution in [0.1, 0.15) is 31.7 Å². The largest absolute Gasteiger partial charge is 0.497 e. The van der Waals surface area contributed by atoms with E-state index in [1.54, 1.807) is 20.3 Å². The van der Waals surface area contributed by atoms with Crippen molar-refractivity contribution in [2.45, 2.75) is 25.8 Å². The molecule has 1 unspecified atom stereocenters. The lowest BCUT2D eigenvalue weighted by Gasteiger charge is -2.06. The highest BCUT2D eigenvalue weighted by atomic mass is 16.5. The Hall–Kier alpha value is -2.08. The third kappa shape index (κ3) is 3.08. The van der Waals surface area contributed by atoms with Gasteiger partial charge in [0.1, 0.15) is 11.5 Å². The van der Waals surface area contributed by atoms with E-state index in [9.17, 15) is 0 Å². The van der Waals surface area contributed by atoms with Gasteiger partial charge in [-0.2, -0.15) is 4.98 Å². The number of benzene rings is 1. The average molecular weight is 277 g/mol. The summed E-state index contributed by atoms with van der Waals surface area (Å²) in [4.78, 5) is 4.34. The Morgan fingerprint density at radius 2 is 1.85 bits per heavy atom. The van der Waals surface area contributed by atoms with Crippen molar-refractivity contribution in [2.75, 3.05) is 14.2 Å². The molecule has 6 heteroatoms. The van der Waals surface area contributed by atoms with Crippen molar-refractivity contribution in [1.82, 2.24) is 10.1 Å². The minimum Gasteiger partial charge on any atom is -0.497 e. The molecule has 0 saturated carbocycles. The highest BCUT2D eigenvalue weighted by molar-refractivity contribution is 5.60. The molecule has 0 fully saturated rings. The van der Waals surface area contributed by atoms with E-state index >= 15 is 0 Å². The quantitative estimate of drug-likeness (QED) is 0.873. The van der Waals surface area contributed by atoms with Crippen molar-refractivity contribution < 1.29 is 14.0 Å². The molecule has 6 nitrogen and oxygen atoms in total. The van der Waals surface area contributed by atoms with Gasteiger partial charge in [0, 0.05) is 11.6 Å². The summed E-state index contributed by atoms with van der Waals surface area (Å²) in [5.41, 5.74) is 6.73. The molecule has 0 bridgehead atoms. The molecule has 0 amide bonds. The van der Waals surface area contributed by atoms with Crippen LogP contribution in [0.4, 0.5) is 0 Å². The first-order valence-corrected chi connectivity index (χ1v) is 6.50. The van der Waals surface area contributed by atoms with Crippen molar-refractivity contribution in [3.05, 3.63) is 24.1 Å². The van der Waals surface area contributed by atoms with Gasteiger partial charge in [0.25, 0.3) is 0 Å². The van der Waals surface area contributed by atoms with Crippen molar-refractivity contribution in [3.8, 4) is 22.9 Å². The molecule has 0 aliphatic rings. The fourth-order valence-corrected chi connectivity index (χ4v) is 1.87. The van der Waals surface area contributed by atoms with Crippen LogP contribution in [0.25, 0.3) is 11.4 Å². The van der Waals surface area contributed by atoms with Crippen LogP contribution in [0.5, 0.6) is 11.5 Å². The zero-order valence-corrected chi connectivity index (χ0v) is 11.9. The molecular weight excluding hydrogens is 258 g/mol. The van der Waals surface area contributed by atoms with Gasteiger partial charge in [-0.1, -0.05) is 18.5 Å². The molecule has 0 radical (unpaired) electrons. The number of aromatic nitrogens is 2. The van der Waals surface area contributed by atoms with Gasteiger partial charge in [-0.25, -0.2) is 0 Å². The Morgan fingerprint density at radius 1 is 1.20 bits per heavy atom. The molecule has 1 aromatic carbocycles. The third-order valence-corrected chi connectivity index (χ3v) is 2.97. The van der Waals surface area contributed by atoms with Crippen molar-refractivity contribution in [3.63, 3.8) is 0 Å². The third-order valence-electron chi connectivity index (χ3n) is 2.97. The van der Waals surface area contributed by atoms with Crippen LogP contribution in [0.3, 0.4) is 0 Å². The number of rotatable bonds is 6. The zero-order valence-electron chi connectivity index (χ0n) is 11.9. The van der Waals surface area contributed by atoms with Crippen LogP contribution >= 0.6 is 0 Å². The molecule has 1 heterocycles. The second-order valence-electron chi connectivity index (χ2n) is 4.45. The van der Waals surface area contributed by atoms with E-state index in [1.165, 1.54) is 0 Å². The first-order chi connectivity index (χ1) is 9.67. The van der Waals surface area contributed by atoms with Gasteiger partial charge in [0.2, 0.25) is 11.7 Å². The van der Waals surface area contributed by atoms with E-state index in [-0.39, 0.29) is 6.04 Å². The molecule has 0 aliphatic carbocycles. The lowest BCUT2D eigenvalue weighted by Crippen LogP contribution is -2.09. The minimum absolute atomic E-state index is 0.228. The number of nitrogens with two attached hydrogens (primary N) is 1. The van der Waals surface area contributed by atoms with E-state index in [0.717, 1.165) is 18.4 Å². The lowest BCUT2D eigenvalue weighted by atomic mass is 10.1. The van der Waals surface area contributed by atoms with E-state index in [0.29, 0.717) is 23.2 Å². The second kappa shape index (κ2) is 6.38. The van der Waals surface area contributed by atoms with Crippen LogP contribution in [-0.2, 0) is 0 Å². The van der Waals surface area contributed by atoms with Crippen LogP contribution in [-0.4, -0.2) is 24.4 Å². The van der Waals surface area contributed by atoms with Gasteiger partial charge < -0.3 is 19.7 Å². The van der Waals surface area contributed by atoms with Crippen LogP contribution in [0, 0.1) is 0 Å². The van der Waals surface area contributed by atoms with Crippen LogP contribution in [0.2, 0.25) is 0 Å². The number of methoxy groups -OCH3 is 2. The Kier molecular flexibility index (Phi) is 4.57. The molecular formula is C14H19N3O3. The van der Waals surface area contributed by atoms with E-state index in [1.807, 2.05) is 12.1 Å². The predicted octanol–water partition coefficient (Wildman–Crippen LogP) is 2.55. The molecule has 1 atom stereocenters. The smallest absolute Gasteiger partial charge is 0.243 e. The summed E-state index contributed by atoms with van der Waals surface area (Å²) in [5.74, 6) is 2.26. The fourth-order valence-electron chi connectivity index (χ4n) is 1.87. The highest BCUT2D eigenvalue weighted by Gasteiger charge is 2.16. The number of ether oxygens (including phenoxy) is 2. The van der Waals surface area contributed by atoms with Gasteiger partial charge >= 0.3 is 0 Å². The van der Waals surface area contributed by atoms with Gasteiger partial charge in [0.15, 0.2) is 0 Å². The number of hydrogen-bond acceptors (Lipinski definition) is 6. The highest BCUT2D eigenvalue weighted by Crippen LogP contribution is 2.28.